The summed E-state index contributed by atoms with van der Waals surface area (Å²) in [5.41, 5.74) is 0.862. The smallest absolute Gasteiger partial charge is 0.317 e. The summed E-state index contributed by atoms with van der Waals surface area (Å²) < 4.78 is 0. The Labute approximate surface area is 417 Å². The number of imide groups is 1. The first kappa shape index (κ1) is 57.5. The van der Waals surface area contributed by atoms with Gasteiger partial charge in [-0.25, -0.2) is 0 Å². The van der Waals surface area contributed by atoms with Crippen LogP contribution < -0.4 is 16.0 Å². The van der Waals surface area contributed by atoms with Gasteiger partial charge < -0.3 is 31.3 Å². The number of thioether (sulfide) groups is 1. The van der Waals surface area contributed by atoms with Crippen molar-refractivity contribution in [1.82, 2.24) is 40.4 Å². The third-order valence-corrected chi connectivity index (χ3v) is 12.2. The third-order valence-electron chi connectivity index (χ3n) is 11.5. The number of nitrogens with one attached hydrogen (secondary N) is 3. The zero-order valence-corrected chi connectivity index (χ0v) is 40.9. The van der Waals surface area contributed by atoms with Crippen molar-refractivity contribution >= 4 is 65.0 Å². The van der Waals surface area contributed by atoms with Crippen LogP contribution in [0.5, 0.6) is 0 Å². The summed E-state index contributed by atoms with van der Waals surface area (Å²) in [5, 5.41) is 36.9. The van der Waals surface area contributed by atoms with E-state index in [9.17, 15) is 58.5 Å². The quantitative estimate of drug-likeness (QED) is 0.0730. The number of aliphatic carboxylic acids is 3. The number of carboxylic acid groups (broad SMARTS) is 3. The first-order chi connectivity index (χ1) is 30.4. The van der Waals surface area contributed by atoms with Crippen molar-refractivity contribution in [1.29, 1.82) is 0 Å². The SMILES string of the molecule is CC[C@H](C)[C@H](CC(=O)[C@H](CCSC)NC(=O)c1cccc(CNC(=O)CN2CCN(CC(=O)O)CCN(CC(=O)O)CCN(CC(=O)O)CC2)c1)C(=O)NCCN1C(=O)CC(C)C1=O.[Gd]. The molecule has 4 atom stereocenters. The molecule has 20 nitrogen and oxygen atoms in total. The fraction of sp³-hybridized carbons (Fsp3) is 0.651. The molecular weight excluding hydrogens is 1010 g/mol. The summed E-state index contributed by atoms with van der Waals surface area (Å²) in [6.45, 7) is 6.77. The molecule has 0 aromatic heterocycles. The van der Waals surface area contributed by atoms with Gasteiger partial charge >= 0.3 is 17.9 Å². The number of benzene rings is 1. The van der Waals surface area contributed by atoms with E-state index in [1.165, 1.54) is 11.8 Å². The summed E-state index contributed by atoms with van der Waals surface area (Å²) in [7, 11) is 0. The molecule has 0 saturated carbocycles. The molecule has 1 unspecified atom stereocenters. The number of nitrogens with zero attached hydrogens (tertiary/aromatic N) is 5. The third kappa shape index (κ3) is 20.8. The van der Waals surface area contributed by atoms with Crippen LogP contribution in [0.1, 0.15) is 62.4 Å². The number of ketones is 1. The second-order valence-corrected chi connectivity index (χ2v) is 17.5. The van der Waals surface area contributed by atoms with E-state index in [2.05, 4.69) is 16.0 Å². The molecule has 22 heteroatoms. The Hall–Kier alpha value is -3.64. The second-order valence-electron chi connectivity index (χ2n) is 16.5. The van der Waals surface area contributed by atoms with Crippen molar-refractivity contribution < 1.29 is 98.4 Å². The minimum atomic E-state index is -1.05. The van der Waals surface area contributed by atoms with E-state index in [0.29, 0.717) is 24.2 Å². The Morgan fingerprint density at radius 1 is 0.800 bits per heavy atom. The maximum atomic E-state index is 13.8. The summed E-state index contributed by atoms with van der Waals surface area (Å²) in [5.74, 6) is -5.95. The molecule has 6 N–H and O–H groups in total. The van der Waals surface area contributed by atoms with Crippen LogP contribution in [-0.4, -0.2) is 203 Å². The van der Waals surface area contributed by atoms with Gasteiger partial charge in [0.1, 0.15) is 0 Å². The van der Waals surface area contributed by atoms with Gasteiger partial charge in [0, 0.05) is 142 Å². The maximum Gasteiger partial charge on any atom is 0.317 e. The van der Waals surface area contributed by atoms with Gasteiger partial charge in [0.25, 0.3) is 5.91 Å². The number of carbonyl (C=O) groups is 9. The Bertz CT molecular complexity index is 1780. The van der Waals surface area contributed by atoms with Gasteiger partial charge in [-0.2, -0.15) is 11.8 Å². The number of amides is 5. The van der Waals surface area contributed by atoms with E-state index < -0.39 is 41.7 Å². The van der Waals surface area contributed by atoms with E-state index in [1.807, 2.05) is 20.1 Å². The molecule has 0 bridgehead atoms. The van der Waals surface area contributed by atoms with Crippen molar-refractivity contribution in [2.45, 2.75) is 59.0 Å². The van der Waals surface area contributed by atoms with Gasteiger partial charge in [0.2, 0.25) is 23.6 Å². The van der Waals surface area contributed by atoms with Crippen molar-refractivity contribution in [2.75, 3.05) is 104 Å². The summed E-state index contributed by atoms with van der Waals surface area (Å²) in [6.07, 6.45) is 2.84. The molecule has 2 heterocycles. The molecule has 1 aromatic carbocycles. The number of rotatable bonds is 24. The molecule has 2 aliphatic heterocycles. The Morgan fingerprint density at radius 2 is 1.32 bits per heavy atom. The molecule has 364 valence electrons. The van der Waals surface area contributed by atoms with Crippen LogP contribution >= 0.6 is 11.8 Å². The molecule has 2 aliphatic rings. The largest absolute Gasteiger partial charge is 0.480 e. The van der Waals surface area contributed by atoms with Crippen molar-refractivity contribution in [3.8, 4) is 0 Å². The van der Waals surface area contributed by atoms with E-state index in [-0.39, 0.29) is 192 Å². The van der Waals surface area contributed by atoms with Crippen LogP contribution in [0, 0.1) is 57.7 Å². The van der Waals surface area contributed by atoms with Crippen LogP contribution in [0.15, 0.2) is 24.3 Å². The second kappa shape index (κ2) is 29.9. The van der Waals surface area contributed by atoms with E-state index in [1.54, 1.807) is 50.8 Å². The monoisotopic (exact) mass is 1080 g/mol. The Morgan fingerprint density at radius 3 is 1.78 bits per heavy atom. The number of carboxylic acids is 3. The molecule has 5 amide bonds. The average molecular weight is 1080 g/mol. The predicted octanol–water partition coefficient (Wildman–Crippen LogP) is -0.238. The van der Waals surface area contributed by atoms with Gasteiger partial charge in [-0.1, -0.05) is 39.3 Å². The van der Waals surface area contributed by atoms with Crippen molar-refractivity contribution in [3.63, 3.8) is 0 Å². The van der Waals surface area contributed by atoms with E-state index in [4.69, 9.17) is 0 Å². The van der Waals surface area contributed by atoms with E-state index >= 15 is 0 Å². The fourth-order valence-electron chi connectivity index (χ4n) is 7.56. The standard InChI is InChI=1S/C43H66N8O12S.Gd/c1-5-29(2)33(42(62)44-10-11-51-37(54)21-30(3)43(51)63)23-35(52)34(9-20-64-4)46-41(61)32-8-6-7-31(22-32)24-45-36(53)25-47-12-14-48(26-38(55)56)16-18-50(28-40(59)60)19-17-49(15-13-47)27-39(57)58;/h6-8,22,29-30,33-34H,5,9-21,23-28H2,1-4H3,(H,44,62)(H,45,53)(H,46,61)(H,55,56)(H,57,58)(H,59,60);/t29-,30?,33-,34-;/m0./s1. The topological polar surface area (TPSA) is 267 Å². The van der Waals surface area contributed by atoms with Gasteiger partial charge in [-0.05, 0) is 42.0 Å². The Kier molecular flexibility index (Phi) is 26.4. The maximum absolute atomic E-state index is 13.8. The van der Waals surface area contributed by atoms with Crippen LogP contribution in [0.25, 0.3) is 0 Å². The van der Waals surface area contributed by atoms with Crippen molar-refractivity contribution in [2.24, 2.45) is 17.8 Å². The van der Waals surface area contributed by atoms with E-state index in [0.717, 1.165) is 4.90 Å². The first-order valence-electron chi connectivity index (χ1n) is 21.7. The number of carbonyl (C=O) groups excluding carboxylic acids is 6. The molecule has 0 aliphatic carbocycles. The fourth-order valence-corrected chi connectivity index (χ4v) is 8.03. The molecule has 0 spiro atoms. The summed E-state index contributed by atoms with van der Waals surface area (Å²) in [6, 6.07) is 5.70. The molecule has 0 radical (unpaired) electrons. The summed E-state index contributed by atoms with van der Waals surface area (Å²) >= 11 is 1.51. The molecule has 2 fully saturated rings. The Balaban J connectivity index is 0.0000145. The molecule has 1 aromatic rings. The van der Waals surface area contributed by atoms with Crippen LogP contribution in [0.4, 0.5) is 0 Å². The van der Waals surface area contributed by atoms with Gasteiger partial charge in [-0.15, -0.1) is 0 Å². The predicted molar refractivity (Wildman–Crippen MR) is 237 cm³/mol. The summed E-state index contributed by atoms with van der Waals surface area (Å²) in [4.78, 5) is 121. The van der Waals surface area contributed by atoms with Gasteiger partial charge in [-0.3, -0.25) is 67.7 Å². The minimum Gasteiger partial charge on any atom is -0.480 e. The molecular formula is C43H66GdN8O12S. The molecule has 65 heavy (non-hydrogen) atoms. The minimum absolute atomic E-state index is 0. The van der Waals surface area contributed by atoms with Crippen LogP contribution in [0.3, 0.4) is 0 Å². The van der Waals surface area contributed by atoms with Crippen molar-refractivity contribution in [3.05, 3.63) is 35.4 Å². The van der Waals surface area contributed by atoms with Gasteiger partial charge in [0.05, 0.1) is 32.2 Å². The average Bonchev–Trinajstić information content (AvgIpc) is 3.48. The number of likely N-dealkylation sites (tertiary alicyclic amines) is 1. The van der Waals surface area contributed by atoms with Gasteiger partial charge in [0.15, 0.2) is 5.78 Å². The number of Topliss-reactive ketones (excluding diaryl/α,β-unsaturated/α-hetero) is 1. The molecule has 3 rings (SSSR count). The first-order valence-corrected chi connectivity index (χ1v) is 23.1. The zero-order valence-electron chi connectivity index (χ0n) is 37.8. The number of hydrogen-bond acceptors (Lipinski definition) is 14. The van der Waals surface area contributed by atoms with Crippen LogP contribution in [0.2, 0.25) is 0 Å². The van der Waals surface area contributed by atoms with Crippen LogP contribution in [-0.2, 0) is 44.9 Å². The molecule has 2 saturated heterocycles. The zero-order chi connectivity index (χ0) is 47.3. The number of hydrogen-bond donors (Lipinski definition) is 6. The normalized spacial score (nSPS) is 18.6.